The summed E-state index contributed by atoms with van der Waals surface area (Å²) in [4.78, 5) is 4.48. The molecule has 0 saturated heterocycles. The van der Waals surface area contributed by atoms with E-state index in [4.69, 9.17) is 0 Å². The van der Waals surface area contributed by atoms with Gasteiger partial charge in [-0.1, -0.05) is 12.1 Å². The Balaban J connectivity index is 1.96. The molecule has 0 bridgehead atoms. The van der Waals surface area contributed by atoms with E-state index in [1.54, 1.807) is 18.5 Å². The predicted octanol–water partition coefficient (Wildman–Crippen LogP) is 1.69. The highest BCUT2D eigenvalue weighted by Gasteiger charge is 2.04. The van der Waals surface area contributed by atoms with Gasteiger partial charge >= 0.3 is 0 Å². The molecule has 0 fully saturated rings. The van der Waals surface area contributed by atoms with E-state index in [0.717, 1.165) is 24.5 Å². The normalized spacial score (nSPS) is 11.5. The molecule has 1 aromatic carbocycles. The molecule has 0 atom stereocenters. The zero-order valence-electron chi connectivity index (χ0n) is 12.9. The zero-order chi connectivity index (χ0) is 15.8. The quantitative estimate of drug-likeness (QED) is 0.629. The van der Waals surface area contributed by atoms with Gasteiger partial charge in [0.2, 0.25) is 0 Å². The summed E-state index contributed by atoms with van der Waals surface area (Å²) in [5, 5.41) is 14.4. The lowest BCUT2D eigenvalue weighted by Crippen LogP contribution is -2.37. The second-order valence-electron chi connectivity index (χ2n) is 4.71. The Morgan fingerprint density at radius 2 is 2.00 bits per heavy atom. The van der Waals surface area contributed by atoms with Crippen LogP contribution in [0.15, 0.2) is 35.6 Å². The molecule has 0 aliphatic rings. The lowest BCUT2D eigenvalue weighted by Gasteiger charge is -2.11. The Morgan fingerprint density at radius 3 is 2.68 bits per heavy atom. The molecule has 2 aromatic rings. The summed E-state index contributed by atoms with van der Waals surface area (Å²) in [6.07, 6.45) is 1.71. The summed E-state index contributed by atoms with van der Waals surface area (Å²) >= 11 is 0. The van der Waals surface area contributed by atoms with Crippen LogP contribution in [0.4, 0.5) is 4.39 Å². The number of halogens is 1. The zero-order valence-corrected chi connectivity index (χ0v) is 12.9. The Labute approximate surface area is 129 Å². The average molecular weight is 304 g/mol. The highest BCUT2D eigenvalue weighted by molar-refractivity contribution is 5.79. The standard InChI is InChI=1S/C15H21FN6/c1-3-17-15(18-9-12-5-7-13(16)8-6-12)19-10-14-21-20-11-22(14)4-2/h5-8,11H,3-4,9-10H2,1-2H3,(H2,17,18,19). The van der Waals surface area contributed by atoms with Gasteiger partial charge in [-0.15, -0.1) is 10.2 Å². The van der Waals surface area contributed by atoms with Gasteiger partial charge in [0, 0.05) is 13.1 Å². The van der Waals surface area contributed by atoms with Gasteiger partial charge < -0.3 is 15.2 Å². The van der Waals surface area contributed by atoms with Crippen molar-refractivity contribution < 1.29 is 4.39 Å². The summed E-state index contributed by atoms with van der Waals surface area (Å²) in [6.45, 7) is 6.66. The molecule has 118 valence electrons. The number of rotatable bonds is 6. The first-order chi connectivity index (χ1) is 10.7. The fraction of sp³-hybridized carbons (Fsp3) is 0.400. The first-order valence-electron chi connectivity index (χ1n) is 7.36. The number of aryl methyl sites for hydroxylation is 1. The van der Waals surface area contributed by atoms with Crippen LogP contribution in [-0.4, -0.2) is 27.3 Å². The summed E-state index contributed by atoms with van der Waals surface area (Å²) in [5.74, 6) is 1.31. The molecule has 6 nitrogen and oxygen atoms in total. The van der Waals surface area contributed by atoms with Gasteiger partial charge in [0.15, 0.2) is 11.8 Å². The number of nitrogens with zero attached hydrogens (tertiary/aromatic N) is 4. The Hall–Kier alpha value is -2.44. The van der Waals surface area contributed by atoms with E-state index < -0.39 is 0 Å². The van der Waals surface area contributed by atoms with Crippen molar-refractivity contribution >= 4 is 5.96 Å². The number of aromatic nitrogens is 3. The van der Waals surface area contributed by atoms with Crippen molar-refractivity contribution in [1.29, 1.82) is 0 Å². The van der Waals surface area contributed by atoms with Gasteiger partial charge in [-0.3, -0.25) is 0 Å². The Bertz CT molecular complexity index is 605. The summed E-state index contributed by atoms with van der Waals surface area (Å²) in [6, 6.07) is 6.34. The van der Waals surface area contributed by atoms with Crippen molar-refractivity contribution in [2.75, 3.05) is 6.54 Å². The van der Waals surface area contributed by atoms with Crippen LogP contribution in [-0.2, 0) is 19.6 Å². The lowest BCUT2D eigenvalue weighted by molar-refractivity contribution is 0.627. The van der Waals surface area contributed by atoms with E-state index in [1.807, 2.05) is 18.4 Å². The van der Waals surface area contributed by atoms with Crippen molar-refractivity contribution in [3.63, 3.8) is 0 Å². The molecule has 0 unspecified atom stereocenters. The van der Waals surface area contributed by atoms with E-state index >= 15 is 0 Å². The van der Waals surface area contributed by atoms with Crippen molar-refractivity contribution in [1.82, 2.24) is 25.4 Å². The van der Waals surface area contributed by atoms with Gasteiger partial charge in [0.1, 0.15) is 12.1 Å². The maximum atomic E-state index is 12.9. The molecular formula is C15H21FN6. The number of hydrogen-bond acceptors (Lipinski definition) is 3. The molecule has 2 rings (SSSR count). The maximum absolute atomic E-state index is 12.9. The third kappa shape index (κ3) is 4.54. The molecule has 1 heterocycles. The first kappa shape index (κ1) is 15.9. The van der Waals surface area contributed by atoms with Crippen LogP contribution in [0.25, 0.3) is 0 Å². The van der Waals surface area contributed by atoms with Crippen LogP contribution in [0.2, 0.25) is 0 Å². The van der Waals surface area contributed by atoms with Crippen molar-refractivity contribution in [3.8, 4) is 0 Å². The lowest BCUT2D eigenvalue weighted by atomic mass is 10.2. The Kier molecular flexibility index (Phi) is 5.88. The van der Waals surface area contributed by atoms with E-state index in [1.165, 1.54) is 12.1 Å². The molecule has 0 amide bonds. The number of hydrogen-bond donors (Lipinski definition) is 2. The molecule has 0 saturated carbocycles. The SMILES string of the molecule is CCNC(=NCc1ccc(F)cc1)NCc1nncn1CC. The minimum atomic E-state index is -0.239. The minimum absolute atomic E-state index is 0.239. The molecule has 1 aromatic heterocycles. The van der Waals surface area contributed by atoms with Crippen LogP contribution in [0.1, 0.15) is 25.2 Å². The van der Waals surface area contributed by atoms with E-state index in [-0.39, 0.29) is 5.82 Å². The van der Waals surface area contributed by atoms with Crippen molar-refractivity contribution in [3.05, 3.63) is 47.8 Å². The monoisotopic (exact) mass is 304 g/mol. The molecule has 0 spiro atoms. The van der Waals surface area contributed by atoms with Crippen molar-refractivity contribution in [2.45, 2.75) is 33.5 Å². The largest absolute Gasteiger partial charge is 0.357 e. The second-order valence-corrected chi connectivity index (χ2v) is 4.71. The third-order valence-electron chi connectivity index (χ3n) is 3.13. The molecule has 0 aliphatic carbocycles. The Morgan fingerprint density at radius 1 is 1.23 bits per heavy atom. The van der Waals surface area contributed by atoms with Crippen LogP contribution in [0, 0.1) is 5.82 Å². The topological polar surface area (TPSA) is 67.1 Å². The van der Waals surface area contributed by atoms with Crippen LogP contribution in [0.5, 0.6) is 0 Å². The third-order valence-corrected chi connectivity index (χ3v) is 3.13. The average Bonchev–Trinajstić information content (AvgIpc) is 2.99. The summed E-state index contributed by atoms with van der Waals surface area (Å²) in [7, 11) is 0. The van der Waals surface area contributed by atoms with Gasteiger partial charge in [-0.05, 0) is 31.5 Å². The predicted molar refractivity (Wildman–Crippen MR) is 83.8 cm³/mol. The van der Waals surface area contributed by atoms with Crippen LogP contribution in [0.3, 0.4) is 0 Å². The van der Waals surface area contributed by atoms with E-state index in [9.17, 15) is 4.39 Å². The van der Waals surface area contributed by atoms with Gasteiger partial charge in [0.25, 0.3) is 0 Å². The molecule has 0 aliphatic heterocycles. The van der Waals surface area contributed by atoms with Crippen LogP contribution < -0.4 is 10.6 Å². The highest BCUT2D eigenvalue weighted by atomic mass is 19.1. The molecule has 7 heteroatoms. The fourth-order valence-corrected chi connectivity index (χ4v) is 1.94. The van der Waals surface area contributed by atoms with Gasteiger partial charge in [-0.2, -0.15) is 0 Å². The maximum Gasteiger partial charge on any atom is 0.191 e. The molecule has 2 N–H and O–H groups in total. The van der Waals surface area contributed by atoms with E-state index in [0.29, 0.717) is 19.0 Å². The van der Waals surface area contributed by atoms with Gasteiger partial charge in [-0.25, -0.2) is 9.38 Å². The minimum Gasteiger partial charge on any atom is -0.357 e. The number of nitrogens with one attached hydrogen (secondary N) is 2. The summed E-state index contributed by atoms with van der Waals surface area (Å²) < 4.78 is 14.8. The molecule has 0 radical (unpaired) electrons. The number of guanidine groups is 1. The molecular weight excluding hydrogens is 283 g/mol. The summed E-state index contributed by atoms with van der Waals surface area (Å²) in [5.41, 5.74) is 0.954. The molecule has 22 heavy (non-hydrogen) atoms. The van der Waals surface area contributed by atoms with E-state index in [2.05, 4.69) is 25.8 Å². The smallest absolute Gasteiger partial charge is 0.191 e. The van der Waals surface area contributed by atoms with Gasteiger partial charge in [0.05, 0.1) is 13.1 Å². The van der Waals surface area contributed by atoms with Crippen molar-refractivity contribution in [2.24, 2.45) is 4.99 Å². The fourth-order valence-electron chi connectivity index (χ4n) is 1.94. The van der Waals surface area contributed by atoms with Crippen LogP contribution >= 0.6 is 0 Å². The number of benzene rings is 1. The first-order valence-corrected chi connectivity index (χ1v) is 7.36. The highest BCUT2D eigenvalue weighted by Crippen LogP contribution is 2.04. The number of aliphatic imine (C=N–C) groups is 1. The second kappa shape index (κ2) is 8.11.